The molecule has 0 fully saturated rings. The van der Waals surface area contributed by atoms with Crippen LogP contribution in [0.3, 0.4) is 0 Å². The molecule has 0 bridgehead atoms. The SMILES string of the molecule is C=Cc1ccc2ccc(SC(C)=O)cc2c1. The summed E-state index contributed by atoms with van der Waals surface area (Å²) in [5, 5.41) is 2.43. The first-order valence-corrected chi connectivity index (χ1v) is 5.85. The van der Waals surface area contributed by atoms with Gasteiger partial charge in [-0.25, -0.2) is 0 Å². The molecule has 0 heterocycles. The van der Waals surface area contributed by atoms with Crippen LogP contribution in [-0.4, -0.2) is 5.12 Å². The van der Waals surface area contributed by atoms with Crippen LogP contribution in [0.15, 0.2) is 47.9 Å². The molecule has 2 aromatic rings. The van der Waals surface area contributed by atoms with Gasteiger partial charge < -0.3 is 0 Å². The summed E-state index contributed by atoms with van der Waals surface area (Å²) in [5.41, 5.74) is 1.09. The van der Waals surface area contributed by atoms with Crippen molar-refractivity contribution in [3.05, 3.63) is 48.5 Å². The summed E-state index contributed by atoms with van der Waals surface area (Å²) in [6.07, 6.45) is 1.82. The van der Waals surface area contributed by atoms with E-state index in [1.807, 2.05) is 30.3 Å². The monoisotopic (exact) mass is 228 g/mol. The number of fused-ring (bicyclic) bond motifs is 1. The number of hydrogen-bond acceptors (Lipinski definition) is 2. The molecular weight excluding hydrogens is 216 g/mol. The van der Waals surface area contributed by atoms with Gasteiger partial charge in [0.15, 0.2) is 5.12 Å². The highest BCUT2D eigenvalue weighted by Gasteiger charge is 2.00. The second kappa shape index (κ2) is 4.54. The number of carbonyl (C=O) groups is 1. The second-order valence-electron chi connectivity index (χ2n) is 3.57. The highest BCUT2D eigenvalue weighted by molar-refractivity contribution is 8.13. The van der Waals surface area contributed by atoms with Gasteiger partial charge in [0.05, 0.1) is 0 Å². The Labute approximate surface area is 99.2 Å². The number of rotatable bonds is 2. The molecule has 16 heavy (non-hydrogen) atoms. The molecule has 0 aliphatic carbocycles. The van der Waals surface area contributed by atoms with E-state index in [2.05, 4.69) is 18.7 Å². The second-order valence-corrected chi connectivity index (χ2v) is 4.82. The van der Waals surface area contributed by atoms with Crippen molar-refractivity contribution in [2.24, 2.45) is 0 Å². The zero-order chi connectivity index (χ0) is 11.5. The van der Waals surface area contributed by atoms with Gasteiger partial charge in [-0.15, -0.1) is 0 Å². The molecule has 0 saturated heterocycles. The van der Waals surface area contributed by atoms with E-state index >= 15 is 0 Å². The van der Waals surface area contributed by atoms with Gasteiger partial charge in [0.2, 0.25) is 0 Å². The van der Waals surface area contributed by atoms with Gasteiger partial charge in [-0.05, 0) is 34.5 Å². The number of carbonyl (C=O) groups excluding carboxylic acids is 1. The zero-order valence-electron chi connectivity index (χ0n) is 9.07. The van der Waals surface area contributed by atoms with Gasteiger partial charge in [-0.2, -0.15) is 0 Å². The molecule has 0 N–H and O–H groups in total. The normalized spacial score (nSPS) is 10.3. The maximum atomic E-state index is 11.0. The Hall–Kier alpha value is -1.54. The van der Waals surface area contributed by atoms with Crippen molar-refractivity contribution < 1.29 is 4.79 Å². The van der Waals surface area contributed by atoms with E-state index in [0.29, 0.717) is 0 Å². The quantitative estimate of drug-likeness (QED) is 0.719. The highest BCUT2D eigenvalue weighted by atomic mass is 32.2. The molecule has 0 radical (unpaired) electrons. The minimum absolute atomic E-state index is 0.110. The van der Waals surface area contributed by atoms with E-state index in [-0.39, 0.29) is 5.12 Å². The third-order valence-electron chi connectivity index (χ3n) is 2.33. The van der Waals surface area contributed by atoms with Crippen molar-refractivity contribution in [2.75, 3.05) is 0 Å². The average molecular weight is 228 g/mol. The number of thioether (sulfide) groups is 1. The summed E-state index contributed by atoms with van der Waals surface area (Å²) >= 11 is 1.26. The summed E-state index contributed by atoms with van der Waals surface area (Å²) in [7, 11) is 0. The molecule has 0 spiro atoms. The van der Waals surface area contributed by atoms with Crippen molar-refractivity contribution >= 4 is 33.7 Å². The minimum atomic E-state index is 0.110. The lowest BCUT2D eigenvalue weighted by Gasteiger charge is -2.02. The summed E-state index contributed by atoms with van der Waals surface area (Å²) < 4.78 is 0. The van der Waals surface area contributed by atoms with Gasteiger partial charge in [0.1, 0.15) is 0 Å². The smallest absolute Gasteiger partial charge is 0.190 e. The summed E-state index contributed by atoms with van der Waals surface area (Å²) in [6.45, 7) is 5.33. The molecular formula is C14H12OS. The van der Waals surface area contributed by atoms with Gasteiger partial charge >= 0.3 is 0 Å². The molecule has 0 aliphatic heterocycles. The lowest BCUT2D eigenvalue weighted by atomic mass is 10.1. The Kier molecular flexibility index (Phi) is 3.11. The van der Waals surface area contributed by atoms with E-state index in [4.69, 9.17) is 0 Å². The fourth-order valence-corrected chi connectivity index (χ4v) is 2.25. The first-order valence-electron chi connectivity index (χ1n) is 5.04. The fourth-order valence-electron chi connectivity index (χ4n) is 1.60. The predicted octanol–water partition coefficient (Wildman–Crippen LogP) is 4.12. The van der Waals surface area contributed by atoms with Crippen LogP contribution in [0.1, 0.15) is 12.5 Å². The van der Waals surface area contributed by atoms with Crippen molar-refractivity contribution in [3.8, 4) is 0 Å². The van der Waals surface area contributed by atoms with Crippen molar-refractivity contribution in [1.29, 1.82) is 0 Å². The Morgan fingerprint density at radius 2 is 1.94 bits per heavy atom. The van der Waals surface area contributed by atoms with Crippen LogP contribution in [0.2, 0.25) is 0 Å². The average Bonchev–Trinajstić information content (AvgIpc) is 2.27. The van der Waals surface area contributed by atoms with Gasteiger partial charge in [-0.3, -0.25) is 4.79 Å². The molecule has 0 unspecified atom stereocenters. The molecule has 80 valence electrons. The lowest BCUT2D eigenvalue weighted by molar-refractivity contribution is -0.109. The van der Waals surface area contributed by atoms with Crippen LogP contribution in [0.4, 0.5) is 0 Å². The van der Waals surface area contributed by atoms with Crippen molar-refractivity contribution in [2.45, 2.75) is 11.8 Å². The zero-order valence-corrected chi connectivity index (χ0v) is 9.88. The summed E-state index contributed by atoms with van der Waals surface area (Å²) in [5.74, 6) is 0. The summed E-state index contributed by atoms with van der Waals surface area (Å²) in [4.78, 5) is 12.0. The Morgan fingerprint density at radius 3 is 2.62 bits per heavy atom. The van der Waals surface area contributed by atoms with E-state index in [9.17, 15) is 4.79 Å². The first-order chi connectivity index (χ1) is 7.69. The lowest BCUT2D eigenvalue weighted by Crippen LogP contribution is -1.82. The van der Waals surface area contributed by atoms with Crippen LogP contribution in [0, 0.1) is 0 Å². The largest absolute Gasteiger partial charge is 0.287 e. The van der Waals surface area contributed by atoms with Gasteiger partial charge in [-0.1, -0.05) is 42.6 Å². The third kappa shape index (κ3) is 2.34. The molecule has 2 rings (SSSR count). The molecule has 0 aromatic heterocycles. The molecule has 1 nitrogen and oxygen atoms in total. The molecule has 0 amide bonds. The van der Waals surface area contributed by atoms with Gasteiger partial charge in [0.25, 0.3) is 0 Å². The maximum Gasteiger partial charge on any atom is 0.190 e. The Balaban J connectivity index is 2.50. The standard InChI is InChI=1S/C14H12OS/c1-3-11-4-5-12-6-7-14(16-10(2)15)9-13(12)8-11/h3-9H,1H2,2H3. The maximum absolute atomic E-state index is 11.0. The predicted molar refractivity (Wildman–Crippen MR) is 70.6 cm³/mol. The van der Waals surface area contributed by atoms with E-state index in [1.165, 1.54) is 17.1 Å². The molecule has 0 saturated carbocycles. The number of benzene rings is 2. The minimum Gasteiger partial charge on any atom is -0.287 e. The Bertz CT molecular complexity index is 558. The van der Waals surface area contributed by atoms with E-state index < -0.39 is 0 Å². The third-order valence-corrected chi connectivity index (χ3v) is 3.11. The van der Waals surface area contributed by atoms with Gasteiger partial charge in [0, 0.05) is 11.8 Å². The summed E-state index contributed by atoms with van der Waals surface area (Å²) in [6, 6.07) is 12.2. The van der Waals surface area contributed by atoms with Crippen LogP contribution >= 0.6 is 11.8 Å². The topological polar surface area (TPSA) is 17.1 Å². The highest BCUT2D eigenvalue weighted by Crippen LogP contribution is 2.25. The molecule has 0 atom stereocenters. The molecule has 2 aromatic carbocycles. The van der Waals surface area contributed by atoms with E-state index in [1.54, 1.807) is 6.92 Å². The fraction of sp³-hybridized carbons (Fsp3) is 0.0714. The van der Waals surface area contributed by atoms with Crippen LogP contribution in [-0.2, 0) is 4.79 Å². The van der Waals surface area contributed by atoms with Crippen molar-refractivity contribution in [1.82, 2.24) is 0 Å². The van der Waals surface area contributed by atoms with Crippen LogP contribution in [0.25, 0.3) is 16.8 Å². The molecule has 2 heteroatoms. The van der Waals surface area contributed by atoms with Crippen LogP contribution in [0.5, 0.6) is 0 Å². The number of hydrogen-bond donors (Lipinski definition) is 0. The van der Waals surface area contributed by atoms with Crippen LogP contribution < -0.4 is 0 Å². The molecule has 0 aliphatic rings. The van der Waals surface area contributed by atoms with E-state index in [0.717, 1.165) is 15.8 Å². The first kappa shape index (κ1) is 11.0. The van der Waals surface area contributed by atoms with Crippen molar-refractivity contribution in [3.63, 3.8) is 0 Å². The Morgan fingerprint density at radius 1 is 1.19 bits per heavy atom.